The van der Waals surface area contributed by atoms with Crippen LogP contribution in [0.1, 0.15) is 65.2 Å². The van der Waals surface area contributed by atoms with Crippen LogP contribution in [0.4, 0.5) is 11.4 Å². The Morgan fingerprint density at radius 2 is 1.09 bits per heavy atom. The zero-order valence-electron chi connectivity index (χ0n) is 28.1. The molecule has 3 rings (SSSR count). The summed E-state index contributed by atoms with van der Waals surface area (Å²) in [6, 6.07) is 16.3. The summed E-state index contributed by atoms with van der Waals surface area (Å²) < 4.78 is 24.9. The maximum atomic E-state index is 6.34. The van der Waals surface area contributed by atoms with E-state index in [0.29, 0.717) is 33.0 Å². The molecule has 6 heteroatoms. The molecule has 0 atom stereocenters. The van der Waals surface area contributed by atoms with Crippen molar-refractivity contribution in [2.24, 2.45) is 0 Å². The standard InChI is InChI=1S/C40H54N2O4/c1-7-11-15-26-43-33-24-22-32-23-25-37(46-29-18-14-10-4)38(34(32)30-33)42-40(5,6)31-41-39-35(44-27-16-12-8-2)20-19-21-36(39)45-28-17-13-9-3/h7-10,19-25,30,41-42H,1-4,11-18,26-29,31H2,5-6H3. The molecular weight excluding hydrogens is 572 g/mol. The van der Waals surface area contributed by atoms with Gasteiger partial charge in [-0.1, -0.05) is 42.5 Å². The molecule has 0 saturated carbocycles. The van der Waals surface area contributed by atoms with Crippen LogP contribution in [0.2, 0.25) is 0 Å². The summed E-state index contributed by atoms with van der Waals surface area (Å²) in [6.07, 6.45) is 14.9. The average Bonchev–Trinajstić information content (AvgIpc) is 3.05. The van der Waals surface area contributed by atoms with Gasteiger partial charge in [-0.25, -0.2) is 0 Å². The Morgan fingerprint density at radius 1 is 0.609 bits per heavy atom. The molecule has 46 heavy (non-hydrogen) atoms. The lowest BCUT2D eigenvalue weighted by atomic mass is 10.0. The van der Waals surface area contributed by atoms with Crippen LogP contribution in [0.3, 0.4) is 0 Å². The molecule has 0 aliphatic heterocycles. The van der Waals surface area contributed by atoms with Gasteiger partial charge in [0, 0.05) is 17.5 Å². The van der Waals surface area contributed by atoms with E-state index in [9.17, 15) is 0 Å². The van der Waals surface area contributed by atoms with Crippen molar-refractivity contribution in [2.75, 3.05) is 43.6 Å². The second-order valence-corrected chi connectivity index (χ2v) is 11.9. The lowest BCUT2D eigenvalue weighted by Gasteiger charge is -2.31. The van der Waals surface area contributed by atoms with E-state index in [1.807, 2.05) is 54.6 Å². The molecule has 2 N–H and O–H groups in total. The highest BCUT2D eigenvalue weighted by Crippen LogP contribution is 2.39. The van der Waals surface area contributed by atoms with E-state index in [0.717, 1.165) is 96.5 Å². The number of rotatable bonds is 25. The smallest absolute Gasteiger partial charge is 0.146 e. The Balaban J connectivity index is 1.88. The number of hydrogen-bond donors (Lipinski definition) is 2. The first-order valence-corrected chi connectivity index (χ1v) is 16.6. The van der Waals surface area contributed by atoms with Gasteiger partial charge in [-0.2, -0.15) is 0 Å². The number of fused-ring (bicyclic) bond motifs is 1. The number of allylic oxidation sites excluding steroid dienone is 4. The Bertz CT molecular complexity index is 1360. The van der Waals surface area contributed by atoms with Gasteiger partial charge < -0.3 is 29.6 Å². The zero-order valence-corrected chi connectivity index (χ0v) is 28.1. The summed E-state index contributed by atoms with van der Waals surface area (Å²) in [7, 11) is 0. The second kappa shape index (κ2) is 19.9. The van der Waals surface area contributed by atoms with E-state index in [2.05, 4.69) is 69.0 Å². The molecule has 3 aromatic rings. The Morgan fingerprint density at radius 3 is 1.61 bits per heavy atom. The third-order valence-corrected chi connectivity index (χ3v) is 7.37. The average molecular weight is 627 g/mol. The topological polar surface area (TPSA) is 61.0 Å². The van der Waals surface area contributed by atoms with Crippen LogP contribution < -0.4 is 29.6 Å². The minimum Gasteiger partial charge on any atom is -0.494 e. The van der Waals surface area contributed by atoms with Gasteiger partial charge in [0.15, 0.2) is 0 Å². The molecule has 0 saturated heterocycles. The predicted molar refractivity (Wildman–Crippen MR) is 196 cm³/mol. The van der Waals surface area contributed by atoms with Crippen molar-refractivity contribution in [1.29, 1.82) is 0 Å². The molecule has 0 aromatic heterocycles. The molecule has 0 bridgehead atoms. The van der Waals surface area contributed by atoms with Crippen LogP contribution in [0.5, 0.6) is 23.0 Å². The number of unbranched alkanes of at least 4 members (excludes halogenated alkanes) is 4. The van der Waals surface area contributed by atoms with Gasteiger partial charge in [0.25, 0.3) is 0 Å². The van der Waals surface area contributed by atoms with Crippen molar-refractivity contribution in [3.63, 3.8) is 0 Å². The van der Waals surface area contributed by atoms with Crippen LogP contribution in [0.15, 0.2) is 99.2 Å². The maximum Gasteiger partial charge on any atom is 0.146 e. The molecule has 0 unspecified atom stereocenters. The molecule has 3 aromatic carbocycles. The number of para-hydroxylation sites is 1. The molecule has 248 valence electrons. The molecular formula is C40H54N2O4. The summed E-state index contributed by atoms with van der Waals surface area (Å²) in [5, 5.41) is 9.65. The van der Waals surface area contributed by atoms with Gasteiger partial charge >= 0.3 is 0 Å². The quantitative estimate of drug-likeness (QED) is 0.0721. The van der Waals surface area contributed by atoms with Crippen LogP contribution in [0.25, 0.3) is 10.8 Å². The van der Waals surface area contributed by atoms with Gasteiger partial charge in [-0.15, -0.1) is 26.3 Å². The lowest BCUT2D eigenvalue weighted by Crippen LogP contribution is -2.39. The summed E-state index contributed by atoms with van der Waals surface area (Å²) in [4.78, 5) is 0. The van der Waals surface area contributed by atoms with Crippen molar-refractivity contribution in [3.8, 4) is 23.0 Å². The van der Waals surface area contributed by atoms with Crippen LogP contribution in [0, 0.1) is 0 Å². The monoisotopic (exact) mass is 626 g/mol. The van der Waals surface area contributed by atoms with Crippen molar-refractivity contribution in [2.45, 2.75) is 70.8 Å². The van der Waals surface area contributed by atoms with Crippen molar-refractivity contribution in [3.05, 3.63) is 99.2 Å². The fourth-order valence-electron chi connectivity index (χ4n) is 4.88. The first-order valence-electron chi connectivity index (χ1n) is 16.6. The van der Waals surface area contributed by atoms with E-state index in [1.54, 1.807) is 0 Å². The van der Waals surface area contributed by atoms with E-state index in [4.69, 9.17) is 18.9 Å². The second-order valence-electron chi connectivity index (χ2n) is 11.9. The van der Waals surface area contributed by atoms with Gasteiger partial charge in [0.05, 0.1) is 32.1 Å². The molecule has 0 amide bonds. The summed E-state index contributed by atoms with van der Waals surface area (Å²) >= 11 is 0. The number of nitrogens with one attached hydrogen (secondary N) is 2. The highest BCUT2D eigenvalue weighted by molar-refractivity contribution is 5.98. The Kier molecular flexibility index (Phi) is 15.7. The van der Waals surface area contributed by atoms with Gasteiger partial charge in [0.2, 0.25) is 0 Å². The molecule has 0 fully saturated rings. The largest absolute Gasteiger partial charge is 0.494 e. The van der Waals surface area contributed by atoms with Crippen molar-refractivity contribution < 1.29 is 18.9 Å². The molecule has 0 aliphatic carbocycles. The van der Waals surface area contributed by atoms with E-state index >= 15 is 0 Å². The third-order valence-electron chi connectivity index (χ3n) is 7.37. The summed E-state index contributed by atoms with van der Waals surface area (Å²) in [6.45, 7) is 22.7. The van der Waals surface area contributed by atoms with Crippen LogP contribution in [-0.2, 0) is 0 Å². The third kappa shape index (κ3) is 11.9. The fourth-order valence-corrected chi connectivity index (χ4v) is 4.88. The normalized spacial score (nSPS) is 11.0. The SMILES string of the molecule is C=CCCCOc1ccc2ccc(OCCCC=C)c(NC(C)(C)CNc3c(OCCCC=C)cccc3OCCCC=C)c2c1. The highest BCUT2D eigenvalue weighted by atomic mass is 16.5. The lowest BCUT2D eigenvalue weighted by molar-refractivity contribution is 0.299. The summed E-state index contributed by atoms with van der Waals surface area (Å²) in [5.41, 5.74) is 1.39. The molecule has 0 spiro atoms. The van der Waals surface area contributed by atoms with Crippen molar-refractivity contribution >= 4 is 22.1 Å². The van der Waals surface area contributed by atoms with Gasteiger partial charge in [-0.3, -0.25) is 0 Å². The fraction of sp³-hybridized carbons (Fsp3) is 0.400. The minimum atomic E-state index is -0.398. The first-order chi connectivity index (χ1) is 22.4. The number of ether oxygens (including phenoxy) is 4. The minimum absolute atomic E-state index is 0.398. The molecule has 0 heterocycles. The molecule has 6 nitrogen and oxygen atoms in total. The number of hydrogen-bond acceptors (Lipinski definition) is 6. The van der Waals surface area contributed by atoms with E-state index in [1.165, 1.54) is 0 Å². The van der Waals surface area contributed by atoms with Crippen LogP contribution in [-0.4, -0.2) is 38.5 Å². The van der Waals surface area contributed by atoms with Gasteiger partial charge in [-0.05, 0) is 101 Å². The number of anilines is 2. The van der Waals surface area contributed by atoms with E-state index in [-0.39, 0.29) is 0 Å². The zero-order chi connectivity index (χ0) is 33.0. The first kappa shape index (κ1) is 36.2. The summed E-state index contributed by atoms with van der Waals surface area (Å²) in [5.74, 6) is 3.19. The van der Waals surface area contributed by atoms with Gasteiger partial charge in [0.1, 0.15) is 28.7 Å². The molecule has 0 aliphatic rings. The highest BCUT2D eigenvalue weighted by Gasteiger charge is 2.23. The van der Waals surface area contributed by atoms with E-state index < -0.39 is 5.54 Å². The van der Waals surface area contributed by atoms with Crippen molar-refractivity contribution in [1.82, 2.24) is 0 Å². The Hall–Kier alpha value is -4.32. The maximum absolute atomic E-state index is 6.34. The molecule has 0 radical (unpaired) electrons. The predicted octanol–water partition coefficient (Wildman–Crippen LogP) is 10.5. The van der Waals surface area contributed by atoms with Crippen LogP contribution >= 0.6 is 0 Å². The Labute approximate surface area is 277 Å². The number of benzene rings is 3.